The summed E-state index contributed by atoms with van der Waals surface area (Å²) in [7, 11) is 1.82. The highest BCUT2D eigenvalue weighted by Crippen LogP contribution is 2.41. The first-order valence-corrected chi connectivity index (χ1v) is 16.6. The minimum absolute atomic E-state index is 0.0760. The highest BCUT2D eigenvalue weighted by Gasteiger charge is 2.54. The van der Waals surface area contributed by atoms with Gasteiger partial charge < -0.3 is 31.8 Å². The second kappa shape index (κ2) is 13.8. The number of β-lactam (4-membered cyclic amide) rings is 1. The molecule has 15 nitrogen and oxygen atoms in total. The van der Waals surface area contributed by atoms with Crippen LogP contribution in [0.2, 0.25) is 0 Å². The van der Waals surface area contributed by atoms with Gasteiger partial charge in [-0.1, -0.05) is 35.5 Å². The minimum atomic E-state index is -1.27. The van der Waals surface area contributed by atoms with Gasteiger partial charge in [0.1, 0.15) is 35.1 Å². The fourth-order valence-corrected chi connectivity index (χ4v) is 7.70. The lowest BCUT2D eigenvalue weighted by Crippen LogP contribution is -2.71. The number of aliphatic carboxylic acids is 2. The van der Waals surface area contributed by atoms with E-state index in [2.05, 4.69) is 20.4 Å². The number of benzene rings is 1. The molecule has 3 atom stereocenters. The maximum absolute atomic E-state index is 13.3. The molecular formula is C28H29N8O7S3+. The number of carbonyl (C=O) groups excluding carboxylic acids is 2. The second-order valence-corrected chi connectivity index (χ2v) is 13.2. The van der Waals surface area contributed by atoms with Gasteiger partial charge in [0.25, 0.3) is 17.6 Å². The number of carbonyl (C=O) groups is 4. The van der Waals surface area contributed by atoms with Gasteiger partial charge in [0.2, 0.25) is 0 Å². The number of nitrogen functional groups attached to an aromatic ring is 2. The van der Waals surface area contributed by atoms with E-state index in [1.165, 1.54) is 40.7 Å². The Morgan fingerprint density at radius 2 is 1.98 bits per heavy atom. The monoisotopic (exact) mass is 685 g/mol. The zero-order chi connectivity index (χ0) is 33.1. The molecule has 46 heavy (non-hydrogen) atoms. The zero-order valence-electron chi connectivity index (χ0n) is 24.4. The summed E-state index contributed by atoms with van der Waals surface area (Å²) in [4.78, 5) is 64.9. The molecule has 240 valence electrons. The molecule has 4 heterocycles. The lowest BCUT2D eigenvalue weighted by molar-refractivity contribution is -0.712. The second-order valence-electron chi connectivity index (χ2n) is 10.2. The average Bonchev–Trinajstić information content (AvgIpc) is 3.45. The average molecular weight is 686 g/mol. The first-order chi connectivity index (χ1) is 21.9. The van der Waals surface area contributed by atoms with E-state index >= 15 is 0 Å². The molecular weight excluding hydrogens is 657 g/mol. The molecule has 2 unspecified atom stereocenters. The SMILES string of the molecule is CC(CC(=O)O)O/N=C(\C(=O)NC1C(=O)N2C(C(=O)O)=C(CSc3nc(N)c(-c4ccccc4)c[n+]3C)CS[C@H]12)c1csc(N)n1. The van der Waals surface area contributed by atoms with Crippen molar-refractivity contribution in [2.45, 2.75) is 36.0 Å². The third kappa shape index (κ3) is 6.92. The Labute approximate surface area is 274 Å². The molecule has 2 aliphatic rings. The Balaban J connectivity index is 1.30. The van der Waals surface area contributed by atoms with Crippen LogP contribution in [0, 0.1) is 0 Å². The maximum Gasteiger partial charge on any atom is 0.361 e. The van der Waals surface area contributed by atoms with Gasteiger partial charge in [0.05, 0.1) is 19.0 Å². The molecule has 0 saturated carbocycles. The van der Waals surface area contributed by atoms with Crippen LogP contribution < -0.4 is 21.4 Å². The molecule has 2 aliphatic heterocycles. The van der Waals surface area contributed by atoms with Crippen molar-refractivity contribution in [1.82, 2.24) is 20.2 Å². The van der Waals surface area contributed by atoms with Crippen LogP contribution >= 0.6 is 34.9 Å². The number of carboxylic acids is 2. The van der Waals surface area contributed by atoms with Crippen LogP contribution in [-0.4, -0.2) is 83.6 Å². The summed E-state index contributed by atoms with van der Waals surface area (Å²) in [6.07, 6.45) is 0.638. The molecule has 1 saturated heterocycles. The van der Waals surface area contributed by atoms with E-state index in [1.54, 1.807) is 0 Å². The quantitative estimate of drug-likeness (QED) is 0.0453. The number of nitrogens with zero attached hydrogens (tertiary/aromatic N) is 5. The number of thioether (sulfide) groups is 2. The molecule has 2 amide bonds. The molecule has 18 heteroatoms. The third-order valence-electron chi connectivity index (χ3n) is 6.88. The van der Waals surface area contributed by atoms with Crippen molar-refractivity contribution in [3.05, 3.63) is 58.9 Å². The highest BCUT2D eigenvalue weighted by molar-refractivity contribution is 8.01. The van der Waals surface area contributed by atoms with E-state index in [0.29, 0.717) is 16.5 Å². The Morgan fingerprint density at radius 3 is 2.63 bits per heavy atom. The fourth-order valence-electron chi connectivity index (χ4n) is 4.71. The van der Waals surface area contributed by atoms with Gasteiger partial charge in [0.15, 0.2) is 10.8 Å². The Morgan fingerprint density at radius 1 is 1.24 bits per heavy atom. The first-order valence-electron chi connectivity index (χ1n) is 13.7. The number of fused-ring (bicyclic) bond motifs is 1. The standard InChI is InChI=1S/C28H28N8O7S3/c1-13(8-18(37)38)43-34-19(17-12-45-27(30)31-17)23(39)32-20-24(40)36-21(26(41)42)15(10-44-25(20)36)11-46-28-33-22(29)16(9-35(28)2)14-6-4-3-5-7-14/h3-7,9,12-13,20,25,29H,8,10-11H2,1-2H3,(H5,30,31,32,37,38,39,41,42)/p+1/b34-19-/t13?,20?,25-/m1/s1. The summed E-state index contributed by atoms with van der Waals surface area (Å²) in [5.41, 5.74) is 13.8. The van der Waals surface area contributed by atoms with Gasteiger partial charge in [-0.3, -0.25) is 19.3 Å². The van der Waals surface area contributed by atoms with E-state index in [-0.39, 0.29) is 40.2 Å². The molecule has 0 aliphatic carbocycles. The zero-order valence-corrected chi connectivity index (χ0v) is 26.9. The molecule has 2 aromatic heterocycles. The van der Waals surface area contributed by atoms with Crippen molar-refractivity contribution >= 4 is 75.3 Å². The van der Waals surface area contributed by atoms with Crippen molar-refractivity contribution in [2.75, 3.05) is 23.0 Å². The number of nitrogens with two attached hydrogens (primary N) is 2. The third-order valence-corrected chi connectivity index (χ3v) is 10.0. The molecule has 0 radical (unpaired) electrons. The smallest absolute Gasteiger partial charge is 0.361 e. The topological polar surface area (TPSA) is 227 Å². The fraction of sp³-hybridized carbons (Fsp3) is 0.286. The number of amides is 2. The van der Waals surface area contributed by atoms with Gasteiger partial charge in [-0.25, -0.2) is 14.3 Å². The van der Waals surface area contributed by atoms with Crippen LogP contribution in [0.15, 0.2) is 63.5 Å². The van der Waals surface area contributed by atoms with Crippen molar-refractivity contribution in [2.24, 2.45) is 12.2 Å². The van der Waals surface area contributed by atoms with Crippen LogP contribution in [0.25, 0.3) is 11.1 Å². The largest absolute Gasteiger partial charge is 0.481 e. The summed E-state index contributed by atoms with van der Waals surface area (Å²) in [6, 6.07) is 8.52. The lowest BCUT2D eigenvalue weighted by Gasteiger charge is -2.49. The van der Waals surface area contributed by atoms with E-state index in [1.807, 2.05) is 48.1 Å². The predicted molar refractivity (Wildman–Crippen MR) is 172 cm³/mol. The van der Waals surface area contributed by atoms with Crippen molar-refractivity contribution in [3.63, 3.8) is 0 Å². The molecule has 0 bridgehead atoms. The predicted octanol–water partition coefficient (Wildman–Crippen LogP) is 1.31. The number of oxime groups is 1. The van der Waals surface area contributed by atoms with Crippen LogP contribution in [0.4, 0.5) is 10.9 Å². The summed E-state index contributed by atoms with van der Waals surface area (Å²) in [5, 5.41) is 27.0. The van der Waals surface area contributed by atoms with Gasteiger partial charge >= 0.3 is 17.1 Å². The van der Waals surface area contributed by atoms with E-state index < -0.39 is 41.3 Å². The number of rotatable bonds is 12. The van der Waals surface area contributed by atoms with Gasteiger partial charge in [-0.2, -0.15) is 0 Å². The maximum atomic E-state index is 13.3. The summed E-state index contributed by atoms with van der Waals surface area (Å²) >= 11 is 3.65. The Bertz CT molecular complexity index is 1760. The van der Waals surface area contributed by atoms with E-state index in [4.69, 9.17) is 21.4 Å². The van der Waals surface area contributed by atoms with Crippen molar-refractivity contribution in [1.29, 1.82) is 0 Å². The number of hydrogen-bond acceptors (Lipinski definition) is 13. The van der Waals surface area contributed by atoms with Crippen molar-refractivity contribution < 1.29 is 38.8 Å². The number of nitrogens with one attached hydrogen (secondary N) is 1. The molecule has 5 rings (SSSR count). The molecule has 1 fully saturated rings. The number of anilines is 2. The minimum Gasteiger partial charge on any atom is -0.481 e. The van der Waals surface area contributed by atoms with Gasteiger partial charge in [-0.15, -0.1) is 23.1 Å². The van der Waals surface area contributed by atoms with Crippen LogP contribution in [0.1, 0.15) is 19.0 Å². The van der Waals surface area contributed by atoms with Gasteiger partial charge in [0, 0.05) is 16.9 Å². The Hall–Kier alpha value is -4.68. The highest BCUT2D eigenvalue weighted by atomic mass is 32.2. The molecule has 7 N–H and O–H groups in total. The first kappa shape index (κ1) is 32.7. The lowest BCUT2D eigenvalue weighted by atomic mass is 10.0. The van der Waals surface area contributed by atoms with E-state index in [9.17, 15) is 24.3 Å². The van der Waals surface area contributed by atoms with Crippen molar-refractivity contribution in [3.8, 4) is 11.1 Å². The summed E-state index contributed by atoms with van der Waals surface area (Å²) < 4.78 is 1.81. The van der Waals surface area contributed by atoms with Crippen LogP contribution in [0.3, 0.4) is 0 Å². The Kier molecular flexibility index (Phi) is 9.78. The number of aromatic nitrogens is 3. The summed E-state index contributed by atoms with van der Waals surface area (Å²) in [5.74, 6) is -2.95. The van der Waals surface area contributed by atoms with Crippen LogP contribution in [0.5, 0.6) is 0 Å². The number of aryl methyl sites for hydroxylation is 1. The number of carboxylic acid groups (broad SMARTS) is 2. The van der Waals surface area contributed by atoms with Crippen LogP contribution in [-0.2, 0) is 31.1 Å². The summed E-state index contributed by atoms with van der Waals surface area (Å²) in [6.45, 7) is 1.47. The molecule has 1 aromatic carbocycles. The number of thiazole rings is 1. The van der Waals surface area contributed by atoms with E-state index in [0.717, 1.165) is 22.5 Å². The molecule has 0 spiro atoms. The normalized spacial score (nSPS) is 18.4. The molecule has 3 aromatic rings. The van der Waals surface area contributed by atoms with Gasteiger partial charge in [-0.05, 0) is 34.8 Å². The number of hydrogen-bond donors (Lipinski definition) is 5.